The molecule has 1 unspecified atom stereocenters. The summed E-state index contributed by atoms with van der Waals surface area (Å²) in [6, 6.07) is 1.64. The number of carbonyl (C=O) groups is 2. The lowest BCUT2D eigenvalue weighted by molar-refractivity contribution is -0.127. The average Bonchev–Trinajstić information content (AvgIpc) is 3.13. The van der Waals surface area contributed by atoms with Crippen LogP contribution in [-0.2, 0) is 4.79 Å². The summed E-state index contributed by atoms with van der Waals surface area (Å²) < 4.78 is 1.84. The standard InChI is InChI=1S/C17H24N6O2/c1-11(2)23-16-13(8-19-23)7-14(9-18-16)21-17(25)20-12(3)10-22-6-4-5-15(22)24/h7-9,11-12H,4-6,10H2,1-3H3,(H2,20,21,25). The number of likely N-dealkylation sites (tertiary alicyclic amines) is 1. The quantitative estimate of drug-likeness (QED) is 0.869. The lowest BCUT2D eigenvalue weighted by Crippen LogP contribution is -2.44. The fourth-order valence-electron chi connectivity index (χ4n) is 3.05. The number of anilines is 1. The molecule has 8 nitrogen and oxygen atoms in total. The summed E-state index contributed by atoms with van der Waals surface area (Å²) in [7, 11) is 0. The molecule has 25 heavy (non-hydrogen) atoms. The van der Waals surface area contributed by atoms with E-state index in [1.807, 2.05) is 31.5 Å². The number of nitrogens with zero attached hydrogens (tertiary/aromatic N) is 4. The van der Waals surface area contributed by atoms with Crippen molar-refractivity contribution in [1.82, 2.24) is 25.0 Å². The van der Waals surface area contributed by atoms with Crippen molar-refractivity contribution in [2.45, 2.75) is 45.7 Å². The number of aromatic nitrogens is 3. The van der Waals surface area contributed by atoms with Crippen LogP contribution in [0.15, 0.2) is 18.5 Å². The molecular formula is C17H24N6O2. The van der Waals surface area contributed by atoms with Crippen LogP contribution in [-0.4, -0.2) is 50.7 Å². The number of nitrogens with one attached hydrogen (secondary N) is 2. The van der Waals surface area contributed by atoms with Crippen molar-refractivity contribution in [2.24, 2.45) is 0 Å². The zero-order chi connectivity index (χ0) is 18.0. The Balaban J connectivity index is 1.59. The highest BCUT2D eigenvalue weighted by atomic mass is 16.2. The van der Waals surface area contributed by atoms with E-state index in [9.17, 15) is 9.59 Å². The molecule has 1 fully saturated rings. The Morgan fingerprint density at radius 3 is 2.80 bits per heavy atom. The van der Waals surface area contributed by atoms with Gasteiger partial charge in [-0.3, -0.25) is 4.79 Å². The van der Waals surface area contributed by atoms with Crippen LogP contribution in [0.25, 0.3) is 11.0 Å². The predicted molar refractivity (Wildman–Crippen MR) is 95.3 cm³/mol. The van der Waals surface area contributed by atoms with E-state index in [-0.39, 0.29) is 24.0 Å². The number of hydrogen-bond donors (Lipinski definition) is 2. The van der Waals surface area contributed by atoms with Gasteiger partial charge >= 0.3 is 6.03 Å². The Labute approximate surface area is 146 Å². The monoisotopic (exact) mass is 344 g/mol. The van der Waals surface area contributed by atoms with Crippen LogP contribution in [0.2, 0.25) is 0 Å². The molecule has 1 atom stereocenters. The third kappa shape index (κ3) is 3.89. The van der Waals surface area contributed by atoms with Crippen molar-refractivity contribution >= 4 is 28.7 Å². The second-order valence-corrected chi connectivity index (χ2v) is 6.76. The fraction of sp³-hybridized carbons (Fsp3) is 0.529. The van der Waals surface area contributed by atoms with Crippen molar-refractivity contribution < 1.29 is 9.59 Å². The molecule has 1 aliphatic rings. The van der Waals surface area contributed by atoms with Crippen molar-refractivity contribution in [1.29, 1.82) is 0 Å². The van der Waals surface area contributed by atoms with Crippen LogP contribution in [0.3, 0.4) is 0 Å². The average molecular weight is 344 g/mol. The fourth-order valence-corrected chi connectivity index (χ4v) is 3.05. The molecule has 0 aromatic carbocycles. The summed E-state index contributed by atoms with van der Waals surface area (Å²) in [6.07, 6.45) is 4.87. The topological polar surface area (TPSA) is 92.2 Å². The van der Waals surface area contributed by atoms with Crippen molar-refractivity contribution in [3.8, 4) is 0 Å². The van der Waals surface area contributed by atoms with E-state index >= 15 is 0 Å². The van der Waals surface area contributed by atoms with Crippen LogP contribution in [0.1, 0.15) is 39.7 Å². The first-order valence-electron chi connectivity index (χ1n) is 8.62. The Kier molecular flexibility index (Phi) is 4.87. The lowest BCUT2D eigenvalue weighted by Gasteiger charge is -2.21. The predicted octanol–water partition coefficient (Wildman–Crippen LogP) is 2.14. The molecule has 0 bridgehead atoms. The first-order valence-corrected chi connectivity index (χ1v) is 8.62. The first kappa shape index (κ1) is 17.2. The molecule has 0 spiro atoms. The Morgan fingerprint density at radius 2 is 2.12 bits per heavy atom. The molecule has 3 heterocycles. The van der Waals surface area contributed by atoms with Gasteiger partial charge in [-0.05, 0) is 33.3 Å². The molecular weight excluding hydrogens is 320 g/mol. The summed E-state index contributed by atoms with van der Waals surface area (Å²) in [6.45, 7) is 7.28. The van der Waals surface area contributed by atoms with Gasteiger partial charge in [-0.1, -0.05) is 0 Å². The van der Waals surface area contributed by atoms with Crippen molar-refractivity contribution in [3.05, 3.63) is 18.5 Å². The summed E-state index contributed by atoms with van der Waals surface area (Å²) in [5.41, 5.74) is 1.40. The van der Waals surface area contributed by atoms with E-state index < -0.39 is 0 Å². The zero-order valence-electron chi connectivity index (χ0n) is 14.8. The van der Waals surface area contributed by atoms with Crippen molar-refractivity contribution in [3.63, 3.8) is 0 Å². The largest absolute Gasteiger partial charge is 0.341 e. The van der Waals surface area contributed by atoms with Crippen LogP contribution >= 0.6 is 0 Å². The van der Waals surface area contributed by atoms with E-state index in [1.54, 1.807) is 17.3 Å². The van der Waals surface area contributed by atoms with Gasteiger partial charge in [0.2, 0.25) is 5.91 Å². The Bertz CT molecular complexity index is 785. The highest BCUT2D eigenvalue weighted by Crippen LogP contribution is 2.19. The molecule has 2 aromatic heterocycles. The number of amides is 3. The molecule has 2 N–H and O–H groups in total. The molecule has 3 rings (SSSR count). The van der Waals surface area contributed by atoms with Gasteiger partial charge in [-0.15, -0.1) is 0 Å². The van der Waals surface area contributed by atoms with E-state index in [4.69, 9.17) is 0 Å². The number of carbonyl (C=O) groups excluding carboxylic acids is 2. The number of hydrogen-bond acceptors (Lipinski definition) is 4. The van der Waals surface area contributed by atoms with Gasteiger partial charge in [0, 0.05) is 37.0 Å². The number of fused-ring (bicyclic) bond motifs is 1. The third-order valence-electron chi connectivity index (χ3n) is 4.22. The lowest BCUT2D eigenvalue weighted by atomic mass is 10.3. The number of rotatable bonds is 5. The minimum absolute atomic E-state index is 0.123. The molecule has 2 aromatic rings. The minimum Gasteiger partial charge on any atom is -0.341 e. The van der Waals surface area contributed by atoms with Gasteiger partial charge in [0.15, 0.2) is 5.65 Å². The maximum atomic E-state index is 12.2. The van der Waals surface area contributed by atoms with Gasteiger partial charge in [0.25, 0.3) is 0 Å². The smallest absolute Gasteiger partial charge is 0.319 e. The second kappa shape index (κ2) is 7.08. The number of pyridine rings is 1. The van der Waals surface area contributed by atoms with Gasteiger partial charge < -0.3 is 15.5 Å². The van der Waals surface area contributed by atoms with Gasteiger partial charge in [0.05, 0.1) is 18.1 Å². The van der Waals surface area contributed by atoms with Crippen LogP contribution in [0.4, 0.5) is 10.5 Å². The molecule has 3 amide bonds. The normalized spacial score (nSPS) is 15.8. The first-order chi connectivity index (χ1) is 11.9. The van der Waals surface area contributed by atoms with Crippen LogP contribution in [0.5, 0.6) is 0 Å². The van der Waals surface area contributed by atoms with E-state index in [2.05, 4.69) is 20.7 Å². The molecule has 1 saturated heterocycles. The molecule has 0 saturated carbocycles. The Morgan fingerprint density at radius 1 is 1.32 bits per heavy atom. The van der Waals surface area contributed by atoms with Gasteiger partial charge in [-0.2, -0.15) is 5.10 Å². The van der Waals surface area contributed by atoms with Gasteiger partial charge in [0.1, 0.15) is 0 Å². The Hall–Kier alpha value is -2.64. The summed E-state index contributed by atoms with van der Waals surface area (Å²) in [5.74, 6) is 0.158. The second-order valence-electron chi connectivity index (χ2n) is 6.76. The summed E-state index contributed by atoms with van der Waals surface area (Å²) in [5, 5.41) is 10.8. The molecule has 0 radical (unpaired) electrons. The molecule has 0 aliphatic carbocycles. The van der Waals surface area contributed by atoms with E-state index in [1.165, 1.54) is 0 Å². The highest BCUT2D eigenvalue weighted by molar-refractivity contribution is 5.91. The van der Waals surface area contributed by atoms with Crippen LogP contribution < -0.4 is 10.6 Å². The van der Waals surface area contributed by atoms with Gasteiger partial charge in [-0.25, -0.2) is 14.5 Å². The highest BCUT2D eigenvalue weighted by Gasteiger charge is 2.22. The van der Waals surface area contributed by atoms with Crippen LogP contribution in [0, 0.1) is 0 Å². The molecule has 8 heteroatoms. The number of urea groups is 1. The third-order valence-corrected chi connectivity index (χ3v) is 4.22. The van der Waals surface area contributed by atoms with E-state index in [0.29, 0.717) is 18.7 Å². The summed E-state index contributed by atoms with van der Waals surface area (Å²) >= 11 is 0. The SMILES string of the molecule is CC(CN1CCCC1=O)NC(=O)Nc1cnc2c(cnn2C(C)C)c1. The zero-order valence-corrected chi connectivity index (χ0v) is 14.8. The molecule has 134 valence electrons. The maximum absolute atomic E-state index is 12.2. The minimum atomic E-state index is -0.309. The summed E-state index contributed by atoms with van der Waals surface area (Å²) in [4.78, 5) is 30.0. The van der Waals surface area contributed by atoms with Crippen molar-refractivity contribution in [2.75, 3.05) is 18.4 Å². The molecule has 1 aliphatic heterocycles. The maximum Gasteiger partial charge on any atom is 0.319 e. The van der Waals surface area contributed by atoms with E-state index in [0.717, 1.165) is 24.0 Å².